The van der Waals surface area contributed by atoms with E-state index in [-0.39, 0.29) is 41.5 Å². The third-order valence-corrected chi connectivity index (χ3v) is 6.39. The Bertz CT molecular complexity index is 1050. The minimum absolute atomic E-state index is 0.0203. The molecule has 3 aliphatic carbocycles. The molecule has 0 fully saturated rings. The van der Waals surface area contributed by atoms with Gasteiger partial charge in [0.25, 0.3) is 5.91 Å². The van der Waals surface area contributed by atoms with Gasteiger partial charge in [-0.25, -0.2) is 0 Å². The summed E-state index contributed by atoms with van der Waals surface area (Å²) in [6.45, 7) is 1.86. The number of Topliss-reactive ketones (excluding diaryl/α,β-unsaturated/α-hetero) is 2. The number of carbonyl (C=O) groups excluding carboxylic acids is 3. The van der Waals surface area contributed by atoms with E-state index in [4.69, 9.17) is 11.5 Å². The predicted molar refractivity (Wildman–Crippen MR) is 102 cm³/mol. The highest BCUT2D eigenvalue weighted by molar-refractivity contribution is 6.22. The number of aromatic hydroxyl groups is 1. The molecule has 0 bridgehead atoms. The van der Waals surface area contributed by atoms with Crippen molar-refractivity contribution < 1.29 is 29.7 Å². The molecule has 1 amide bonds. The molecule has 0 spiro atoms. The summed E-state index contributed by atoms with van der Waals surface area (Å²) >= 11 is 0. The molecule has 0 aromatic heterocycles. The molecule has 4 rings (SSSR count). The summed E-state index contributed by atoms with van der Waals surface area (Å²) in [4.78, 5) is 37.7. The second-order valence-corrected chi connectivity index (χ2v) is 8.02. The molecule has 8 nitrogen and oxygen atoms in total. The summed E-state index contributed by atoms with van der Waals surface area (Å²) in [5.41, 5.74) is 12.6. The zero-order chi connectivity index (χ0) is 21.2. The Morgan fingerprint density at radius 1 is 1.21 bits per heavy atom. The summed E-state index contributed by atoms with van der Waals surface area (Å²) in [6.07, 6.45) is 0.771. The van der Waals surface area contributed by atoms with E-state index in [2.05, 4.69) is 0 Å². The molecule has 0 heterocycles. The number of phenolic OH excluding ortho intramolecular Hbond substituents is 1. The van der Waals surface area contributed by atoms with Crippen LogP contribution in [0.2, 0.25) is 0 Å². The van der Waals surface area contributed by atoms with Gasteiger partial charge in [-0.3, -0.25) is 14.4 Å². The van der Waals surface area contributed by atoms with Gasteiger partial charge in [-0.1, -0.05) is 6.07 Å². The number of benzene rings is 1. The molecule has 8 heteroatoms. The predicted octanol–water partition coefficient (Wildman–Crippen LogP) is 1.23. The van der Waals surface area contributed by atoms with E-state index in [0.29, 0.717) is 24.0 Å². The fourth-order valence-electron chi connectivity index (χ4n) is 5.12. The van der Waals surface area contributed by atoms with Crippen molar-refractivity contribution in [3.63, 3.8) is 0 Å². The first-order valence-corrected chi connectivity index (χ1v) is 9.45. The lowest BCUT2D eigenvalue weighted by Crippen LogP contribution is -2.43. The minimum atomic E-state index is -1.11. The third kappa shape index (κ3) is 2.59. The fraction of sp³-hybridized carbons (Fsp3) is 0.381. The Balaban J connectivity index is 1.88. The quantitative estimate of drug-likeness (QED) is 0.468. The molecule has 29 heavy (non-hydrogen) atoms. The van der Waals surface area contributed by atoms with Crippen LogP contribution in [0.25, 0.3) is 0 Å². The zero-order valence-corrected chi connectivity index (χ0v) is 15.9. The van der Waals surface area contributed by atoms with Crippen LogP contribution in [0.5, 0.6) is 5.75 Å². The van der Waals surface area contributed by atoms with E-state index in [1.165, 1.54) is 0 Å². The molecule has 3 aliphatic rings. The van der Waals surface area contributed by atoms with Crippen LogP contribution in [-0.2, 0) is 22.6 Å². The molecule has 1 aromatic rings. The normalized spacial score (nSPS) is 26.2. The van der Waals surface area contributed by atoms with Gasteiger partial charge in [-0.05, 0) is 48.3 Å². The molecule has 0 aliphatic heterocycles. The van der Waals surface area contributed by atoms with Crippen LogP contribution in [0, 0.1) is 24.7 Å². The van der Waals surface area contributed by atoms with Crippen molar-refractivity contribution in [2.45, 2.75) is 32.7 Å². The molecule has 0 saturated carbocycles. The summed E-state index contributed by atoms with van der Waals surface area (Å²) in [6, 6.07) is 1.75. The molecule has 7 N–H and O–H groups in total. The number of aliphatic hydroxyl groups excluding tert-OH is 2. The molecule has 0 radical (unpaired) electrons. The van der Waals surface area contributed by atoms with Crippen molar-refractivity contribution in [1.29, 1.82) is 0 Å². The lowest BCUT2D eigenvalue weighted by Gasteiger charge is -2.41. The molecule has 0 saturated heterocycles. The number of carbonyl (C=O) groups is 3. The standard InChI is InChI=1S/C21H22N2O6/c1-7-2-10(6-22)11-4-8-3-9-5-12(24)16(21(23)29)20(28)14(9)18(26)13(8)19(27)15(11)17(7)25/h2,8-9,14,24-26H,3-6,22H2,1H3,(H2,23,29). The third-order valence-electron chi connectivity index (χ3n) is 6.39. The second kappa shape index (κ2) is 6.45. The highest BCUT2D eigenvalue weighted by Gasteiger charge is 2.50. The number of aryl methyl sites for hydroxylation is 1. The second-order valence-electron chi connectivity index (χ2n) is 8.02. The van der Waals surface area contributed by atoms with Gasteiger partial charge in [-0.15, -0.1) is 0 Å². The van der Waals surface area contributed by atoms with Gasteiger partial charge in [-0.2, -0.15) is 0 Å². The van der Waals surface area contributed by atoms with Crippen molar-refractivity contribution >= 4 is 17.5 Å². The average molecular weight is 398 g/mol. The summed E-state index contributed by atoms with van der Waals surface area (Å²) in [5, 5.41) is 31.6. The first-order valence-electron chi connectivity index (χ1n) is 9.45. The first-order chi connectivity index (χ1) is 13.7. The maximum Gasteiger partial charge on any atom is 0.255 e. The van der Waals surface area contributed by atoms with Crippen LogP contribution in [0.15, 0.2) is 28.7 Å². The number of phenols is 1. The minimum Gasteiger partial charge on any atom is -0.511 e. The number of fused-ring (bicyclic) bond motifs is 3. The monoisotopic (exact) mass is 398 g/mol. The summed E-state index contributed by atoms with van der Waals surface area (Å²) < 4.78 is 0. The number of hydrogen-bond donors (Lipinski definition) is 5. The Labute approximate surface area is 166 Å². The Morgan fingerprint density at radius 3 is 2.52 bits per heavy atom. The number of aliphatic hydroxyl groups is 2. The number of rotatable bonds is 2. The molecule has 1 aromatic carbocycles. The number of hydrogen-bond acceptors (Lipinski definition) is 7. The molecule has 152 valence electrons. The van der Waals surface area contributed by atoms with Gasteiger partial charge in [0.1, 0.15) is 22.8 Å². The SMILES string of the molecule is Cc1cc(CN)c2c(c1O)C(=O)C1=C(O)C3C(=O)C(C(N)=O)=C(O)CC3CC1C2. The maximum atomic E-state index is 13.3. The smallest absolute Gasteiger partial charge is 0.255 e. The number of allylic oxidation sites excluding steroid dienone is 3. The maximum absolute atomic E-state index is 13.3. The van der Waals surface area contributed by atoms with Crippen LogP contribution >= 0.6 is 0 Å². The lowest BCUT2D eigenvalue weighted by atomic mass is 9.62. The largest absolute Gasteiger partial charge is 0.511 e. The van der Waals surface area contributed by atoms with E-state index in [0.717, 1.165) is 5.56 Å². The molecule has 3 atom stereocenters. The number of ketones is 2. The average Bonchev–Trinajstić information content (AvgIpc) is 2.63. The van der Waals surface area contributed by atoms with Crippen molar-refractivity contribution in [2.75, 3.05) is 0 Å². The Hall–Kier alpha value is -3.13. The van der Waals surface area contributed by atoms with Crippen LogP contribution in [0.4, 0.5) is 0 Å². The summed E-state index contributed by atoms with van der Waals surface area (Å²) in [5.74, 6) is -5.23. The van der Waals surface area contributed by atoms with Crippen LogP contribution in [-0.4, -0.2) is 32.8 Å². The van der Waals surface area contributed by atoms with E-state index in [1.54, 1.807) is 13.0 Å². The number of primary amides is 1. The first kappa shape index (κ1) is 19.2. The van der Waals surface area contributed by atoms with Crippen LogP contribution in [0.1, 0.15) is 39.9 Å². The van der Waals surface area contributed by atoms with Crippen molar-refractivity contribution in [1.82, 2.24) is 0 Å². The lowest BCUT2D eigenvalue weighted by molar-refractivity contribution is -0.126. The Morgan fingerprint density at radius 2 is 1.90 bits per heavy atom. The van der Waals surface area contributed by atoms with E-state index < -0.39 is 40.6 Å². The highest BCUT2D eigenvalue weighted by atomic mass is 16.3. The highest BCUT2D eigenvalue weighted by Crippen LogP contribution is 2.50. The van der Waals surface area contributed by atoms with E-state index in [1.807, 2.05) is 0 Å². The Kier molecular flexibility index (Phi) is 4.27. The van der Waals surface area contributed by atoms with E-state index >= 15 is 0 Å². The van der Waals surface area contributed by atoms with Crippen LogP contribution in [0.3, 0.4) is 0 Å². The topological polar surface area (TPSA) is 164 Å². The number of nitrogens with two attached hydrogens (primary N) is 2. The zero-order valence-electron chi connectivity index (χ0n) is 15.9. The van der Waals surface area contributed by atoms with Gasteiger partial charge >= 0.3 is 0 Å². The molecular weight excluding hydrogens is 376 g/mol. The van der Waals surface area contributed by atoms with Gasteiger partial charge in [0.15, 0.2) is 11.6 Å². The van der Waals surface area contributed by atoms with Crippen molar-refractivity contribution in [3.8, 4) is 5.75 Å². The molecular formula is C21H22N2O6. The fourth-order valence-corrected chi connectivity index (χ4v) is 5.12. The van der Waals surface area contributed by atoms with Gasteiger partial charge in [0, 0.05) is 18.5 Å². The summed E-state index contributed by atoms with van der Waals surface area (Å²) in [7, 11) is 0. The van der Waals surface area contributed by atoms with E-state index in [9.17, 15) is 29.7 Å². The van der Waals surface area contributed by atoms with Gasteiger partial charge < -0.3 is 26.8 Å². The van der Waals surface area contributed by atoms with Gasteiger partial charge in [0.05, 0.1) is 11.5 Å². The number of amides is 1. The van der Waals surface area contributed by atoms with Crippen LogP contribution < -0.4 is 11.5 Å². The van der Waals surface area contributed by atoms with Crippen molar-refractivity contribution in [2.24, 2.45) is 29.2 Å². The van der Waals surface area contributed by atoms with Gasteiger partial charge in [0.2, 0.25) is 0 Å². The molecule has 3 unspecified atom stereocenters. The van der Waals surface area contributed by atoms with Crippen molar-refractivity contribution in [3.05, 3.63) is 51.0 Å².